The van der Waals surface area contributed by atoms with Crippen molar-refractivity contribution in [2.45, 2.75) is 6.54 Å². The molecule has 1 fully saturated rings. The lowest BCUT2D eigenvalue weighted by Crippen LogP contribution is -2.44. The van der Waals surface area contributed by atoms with Crippen molar-refractivity contribution >= 4 is 5.96 Å². The van der Waals surface area contributed by atoms with E-state index in [2.05, 4.69) is 47.8 Å². The molecule has 0 radical (unpaired) electrons. The van der Waals surface area contributed by atoms with Gasteiger partial charge in [-0.05, 0) is 11.6 Å². The third-order valence-electron chi connectivity index (χ3n) is 4.12. The van der Waals surface area contributed by atoms with E-state index in [1.165, 1.54) is 6.33 Å². The quantitative estimate of drug-likeness (QED) is 0.522. The van der Waals surface area contributed by atoms with Crippen LogP contribution in [0.5, 0.6) is 0 Å². The minimum atomic E-state index is 0.694. The Morgan fingerprint density at radius 3 is 2.96 bits per heavy atom. The fourth-order valence-corrected chi connectivity index (χ4v) is 2.74. The molecule has 1 aliphatic heterocycles. The van der Waals surface area contributed by atoms with E-state index in [1.54, 1.807) is 7.05 Å². The van der Waals surface area contributed by atoms with Crippen molar-refractivity contribution in [1.29, 1.82) is 0 Å². The number of nitrogens with zero attached hydrogens (tertiary/aromatic N) is 4. The molecule has 1 saturated heterocycles. The number of morpholine rings is 1. The van der Waals surface area contributed by atoms with Crippen molar-refractivity contribution in [2.24, 2.45) is 4.99 Å². The molecule has 134 valence electrons. The number of aromatic nitrogens is 3. The first-order valence-corrected chi connectivity index (χ1v) is 8.54. The highest BCUT2D eigenvalue weighted by molar-refractivity contribution is 5.79. The van der Waals surface area contributed by atoms with E-state index in [4.69, 9.17) is 4.74 Å². The predicted molar refractivity (Wildman–Crippen MR) is 97.3 cm³/mol. The van der Waals surface area contributed by atoms with Gasteiger partial charge in [0.2, 0.25) is 0 Å². The van der Waals surface area contributed by atoms with Crippen LogP contribution in [0.15, 0.2) is 35.6 Å². The maximum atomic E-state index is 5.36. The summed E-state index contributed by atoms with van der Waals surface area (Å²) in [6, 6.07) is 8.20. The number of nitrogens with one attached hydrogen (secondary N) is 3. The zero-order chi connectivity index (χ0) is 17.3. The number of rotatable bonds is 6. The smallest absolute Gasteiger partial charge is 0.191 e. The zero-order valence-electron chi connectivity index (χ0n) is 14.5. The normalized spacial score (nSPS) is 16.0. The number of aliphatic imine (C=N–C) groups is 1. The van der Waals surface area contributed by atoms with E-state index < -0.39 is 0 Å². The highest BCUT2D eigenvalue weighted by Gasteiger charge is 2.09. The lowest BCUT2D eigenvalue weighted by atomic mass is 10.1. The number of aromatic amines is 1. The van der Waals surface area contributed by atoms with Gasteiger partial charge in [-0.2, -0.15) is 5.10 Å². The Morgan fingerprint density at radius 2 is 2.20 bits per heavy atom. The molecule has 3 rings (SSSR count). The number of benzene rings is 1. The summed E-state index contributed by atoms with van der Waals surface area (Å²) in [5.41, 5.74) is 2.18. The summed E-state index contributed by atoms with van der Waals surface area (Å²) >= 11 is 0. The summed E-state index contributed by atoms with van der Waals surface area (Å²) in [5.74, 6) is 1.58. The Balaban J connectivity index is 1.45. The van der Waals surface area contributed by atoms with E-state index in [9.17, 15) is 0 Å². The minimum Gasteiger partial charge on any atom is -0.379 e. The first kappa shape index (κ1) is 17.4. The Hall–Kier alpha value is -2.45. The van der Waals surface area contributed by atoms with Crippen LogP contribution >= 0.6 is 0 Å². The van der Waals surface area contributed by atoms with E-state index in [0.717, 1.165) is 62.3 Å². The van der Waals surface area contributed by atoms with Gasteiger partial charge >= 0.3 is 0 Å². The number of H-pyrrole nitrogens is 1. The van der Waals surface area contributed by atoms with Gasteiger partial charge in [0.25, 0.3) is 0 Å². The average Bonchev–Trinajstić information content (AvgIpc) is 3.20. The van der Waals surface area contributed by atoms with Crippen molar-refractivity contribution in [1.82, 2.24) is 30.7 Å². The van der Waals surface area contributed by atoms with E-state index in [1.807, 2.05) is 12.1 Å². The molecule has 2 heterocycles. The molecule has 8 heteroatoms. The van der Waals surface area contributed by atoms with Crippen molar-refractivity contribution in [2.75, 3.05) is 46.4 Å². The molecule has 2 aromatic rings. The lowest BCUT2D eigenvalue weighted by Gasteiger charge is -2.26. The summed E-state index contributed by atoms with van der Waals surface area (Å²) in [4.78, 5) is 10.9. The van der Waals surface area contributed by atoms with Gasteiger partial charge in [0.05, 0.1) is 13.2 Å². The monoisotopic (exact) mass is 343 g/mol. The summed E-state index contributed by atoms with van der Waals surface area (Å²) < 4.78 is 5.36. The zero-order valence-corrected chi connectivity index (χ0v) is 14.5. The van der Waals surface area contributed by atoms with Crippen LogP contribution in [0.1, 0.15) is 5.56 Å². The third kappa shape index (κ3) is 5.27. The van der Waals surface area contributed by atoms with Crippen LogP contribution in [0.4, 0.5) is 0 Å². The van der Waals surface area contributed by atoms with E-state index in [-0.39, 0.29) is 0 Å². The summed E-state index contributed by atoms with van der Waals surface area (Å²) in [6.07, 6.45) is 1.51. The van der Waals surface area contributed by atoms with Crippen molar-refractivity contribution in [3.8, 4) is 11.4 Å². The molecule has 25 heavy (non-hydrogen) atoms. The molecular formula is C17H25N7O. The van der Waals surface area contributed by atoms with Gasteiger partial charge in [-0.1, -0.05) is 18.2 Å². The predicted octanol–water partition coefficient (Wildman–Crippen LogP) is 0.469. The first-order chi connectivity index (χ1) is 12.3. The molecule has 0 amide bonds. The van der Waals surface area contributed by atoms with Crippen molar-refractivity contribution < 1.29 is 4.74 Å². The third-order valence-corrected chi connectivity index (χ3v) is 4.12. The van der Waals surface area contributed by atoms with E-state index in [0.29, 0.717) is 6.54 Å². The van der Waals surface area contributed by atoms with Crippen molar-refractivity contribution in [3.05, 3.63) is 36.2 Å². The van der Waals surface area contributed by atoms with Crippen LogP contribution in [0.3, 0.4) is 0 Å². The topological polar surface area (TPSA) is 90.5 Å². The first-order valence-electron chi connectivity index (χ1n) is 8.54. The Labute approximate surface area is 147 Å². The maximum Gasteiger partial charge on any atom is 0.191 e. The van der Waals surface area contributed by atoms with Gasteiger partial charge in [0.15, 0.2) is 11.8 Å². The lowest BCUT2D eigenvalue weighted by molar-refractivity contribution is 0.0389. The van der Waals surface area contributed by atoms with Crippen LogP contribution in [-0.4, -0.2) is 72.5 Å². The van der Waals surface area contributed by atoms with Crippen LogP contribution in [0, 0.1) is 0 Å². The Morgan fingerprint density at radius 1 is 1.32 bits per heavy atom. The number of ether oxygens (including phenoxy) is 1. The van der Waals surface area contributed by atoms with Crippen LogP contribution in [0.25, 0.3) is 11.4 Å². The summed E-state index contributed by atoms with van der Waals surface area (Å²) in [7, 11) is 1.79. The molecule has 1 aliphatic rings. The molecule has 1 aromatic heterocycles. The second-order valence-corrected chi connectivity index (χ2v) is 5.84. The fourth-order valence-electron chi connectivity index (χ4n) is 2.74. The number of hydrogen-bond acceptors (Lipinski definition) is 5. The van der Waals surface area contributed by atoms with Gasteiger partial charge in [0.1, 0.15) is 6.33 Å². The number of hydrogen-bond donors (Lipinski definition) is 3. The maximum absolute atomic E-state index is 5.36. The fraction of sp³-hybridized carbons (Fsp3) is 0.471. The number of guanidine groups is 1. The van der Waals surface area contributed by atoms with Crippen LogP contribution in [0.2, 0.25) is 0 Å². The molecular weight excluding hydrogens is 318 g/mol. The second kappa shape index (κ2) is 9.14. The largest absolute Gasteiger partial charge is 0.379 e. The summed E-state index contributed by atoms with van der Waals surface area (Å²) in [5, 5.41) is 13.5. The van der Waals surface area contributed by atoms with Gasteiger partial charge in [-0.3, -0.25) is 15.0 Å². The molecule has 0 bridgehead atoms. The van der Waals surface area contributed by atoms with E-state index >= 15 is 0 Å². The molecule has 8 nitrogen and oxygen atoms in total. The molecule has 1 aromatic carbocycles. The summed E-state index contributed by atoms with van der Waals surface area (Å²) in [6.45, 7) is 6.20. The van der Waals surface area contributed by atoms with Crippen LogP contribution in [-0.2, 0) is 11.3 Å². The average molecular weight is 343 g/mol. The molecule has 0 aliphatic carbocycles. The molecule has 0 atom stereocenters. The Bertz CT molecular complexity index is 665. The van der Waals surface area contributed by atoms with Gasteiger partial charge in [-0.25, -0.2) is 4.98 Å². The molecule has 0 spiro atoms. The van der Waals surface area contributed by atoms with Crippen LogP contribution < -0.4 is 10.6 Å². The molecule has 0 saturated carbocycles. The SMILES string of the molecule is CN=C(NCCN1CCOCC1)NCc1cccc(-c2ncn[nH]2)c1. The van der Waals surface area contributed by atoms with Crippen molar-refractivity contribution in [3.63, 3.8) is 0 Å². The Kier molecular flexibility index (Phi) is 6.35. The highest BCUT2D eigenvalue weighted by Crippen LogP contribution is 2.15. The molecule has 3 N–H and O–H groups in total. The van der Waals surface area contributed by atoms with Gasteiger partial charge in [0, 0.05) is 45.3 Å². The van der Waals surface area contributed by atoms with Gasteiger partial charge < -0.3 is 15.4 Å². The molecule has 0 unspecified atom stereocenters. The standard InChI is InChI=1S/C17H25N7O/c1-18-17(19-5-6-24-7-9-25-10-8-24)20-12-14-3-2-4-15(11-14)16-21-13-22-23-16/h2-4,11,13H,5-10,12H2,1H3,(H2,18,19,20)(H,21,22,23). The van der Waals surface area contributed by atoms with Gasteiger partial charge in [-0.15, -0.1) is 0 Å². The highest BCUT2D eigenvalue weighted by atomic mass is 16.5. The minimum absolute atomic E-state index is 0.694. The second-order valence-electron chi connectivity index (χ2n) is 5.84.